The summed E-state index contributed by atoms with van der Waals surface area (Å²) in [6, 6.07) is 11.2. The molecular weight excluding hydrogens is 371 g/mol. The van der Waals surface area contributed by atoms with E-state index in [2.05, 4.69) is 5.32 Å². The molecule has 0 saturated carbocycles. The molecule has 0 aromatic heterocycles. The van der Waals surface area contributed by atoms with Crippen LogP contribution < -0.4 is 10.1 Å². The summed E-state index contributed by atoms with van der Waals surface area (Å²) in [4.78, 5) is 26.4. The molecule has 0 aliphatic carbocycles. The van der Waals surface area contributed by atoms with E-state index < -0.39 is 5.92 Å². The van der Waals surface area contributed by atoms with Gasteiger partial charge in [0.15, 0.2) is 0 Å². The van der Waals surface area contributed by atoms with Crippen LogP contribution in [0, 0.1) is 11.7 Å². The number of methoxy groups -OCH3 is 1. The largest absolute Gasteiger partial charge is 0.495 e. The van der Waals surface area contributed by atoms with Crippen LogP contribution in [0.5, 0.6) is 5.75 Å². The molecule has 3 rings (SSSR count). The Balaban J connectivity index is 1.55. The predicted molar refractivity (Wildman–Crippen MR) is 101 cm³/mol. The van der Waals surface area contributed by atoms with Crippen molar-refractivity contribution >= 4 is 29.1 Å². The molecule has 142 valence electrons. The summed E-state index contributed by atoms with van der Waals surface area (Å²) in [6.07, 6.45) is 0.799. The van der Waals surface area contributed by atoms with Crippen molar-refractivity contribution in [3.8, 4) is 5.75 Å². The zero-order valence-corrected chi connectivity index (χ0v) is 15.6. The van der Waals surface area contributed by atoms with E-state index in [1.807, 2.05) is 0 Å². The normalized spacial score (nSPS) is 16.5. The monoisotopic (exact) mass is 390 g/mol. The maximum absolute atomic E-state index is 13.0. The first-order valence-electron chi connectivity index (χ1n) is 8.63. The number of anilines is 1. The maximum Gasteiger partial charge on any atom is 0.229 e. The van der Waals surface area contributed by atoms with E-state index in [-0.39, 0.29) is 24.1 Å². The van der Waals surface area contributed by atoms with Crippen LogP contribution in [0.2, 0.25) is 5.02 Å². The standard InChI is InChI=1S/C20H20ClFN2O3/c1-27-18-7-6-16(11-17(18)21)23-20(26)14-10-19(25)24(12-14)9-8-13-2-4-15(22)5-3-13/h2-7,11,14H,8-10,12H2,1H3,(H,23,26). The van der Waals surface area contributed by atoms with Crippen molar-refractivity contribution in [2.45, 2.75) is 12.8 Å². The van der Waals surface area contributed by atoms with Crippen molar-refractivity contribution in [2.24, 2.45) is 5.92 Å². The molecular formula is C20H20ClFN2O3. The number of rotatable bonds is 6. The highest BCUT2D eigenvalue weighted by molar-refractivity contribution is 6.32. The molecule has 0 spiro atoms. The first kappa shape index (κ1) is 19.2. The molecule has 1 aliphatic rings. The number of hydrogen-bond acceptors (Lipinski definition) is 3. The summed E-state index contributed by atoms with van der Waals surface area (Å²) in [5.74, 6) is -0.436. The third-order valence-corrected chi connectivity index (χ3v) is 4.88. The number of carbonyl (C=O) groups excluding carboxylic acids is 2. The molecule has 1 saturated heterocycles. The van der Waals surface area contributed by atoms with Crippen molar-refractivity contribution in [3.05, 3.63) is 58.9 Å². The van der Waals surface area contributed by atoms with Gasteiger partial charge in [-0.2, -0.15) is 0 Å². The molecule has 1 fully saturated rings. The van der Waals surface area contributed by atoms with Gasteiger partial charge < -0.3 is 15.0 Å². The minimum Gasteiger partial charge on any atom is -0.495 e. The van der Waals surface area contributed by atoms with Crippen molar-refractivity contribution in [3.63, 3.8) is 0 Å². The lowest BCUT2D eigenvalue weighted by Crippen LogP contribution is -2.30. The molecule has 1 aliphatic heterocycles. The summed E-state index contributed by atoms with van der Waals surface area (Å²) in [6.45, 7) is 0.873. The molecule has 7 heteroatoms. The molecule has 2 aromatic rings. The molecule has 27 heavy (non-hydrogen) atoms. The average molecular weight is 391 g/mol. The van der Waals surface area contributed by atoms with Gasteiger partial charge in [-0.3, -0.25) is 9.59 Å². The lowest BCUT2D eigenvalue weighted by atomic mass is 10.1. The molecule has 2 amide bonds. The topological polar surface area (TPSA) is 58.6 Å². The quantitative estimate of drug-likeness (QED) is 0.821. The van der Waals surface area contributed by atoms with Crippen LogP contribution in [-0.4, -0.2) is 36.9 Å². The van der Waals surface area contributed by atoms with Crippen LogP contribution in [0.1, 0.15) is 12.0 Å². The van der Waals surface area contributed by atoms with E-state index in [1.54, 1.807) is 35.2 Å². The molecule has 0 bridgehead atoms. The van der Waals surface area contributed by atoms with Crippen molar-refractivity contribution in [2.75, 3.05) is 25.5 Å². The average Bonchev–Trinajstić information content (AvgIpc) is 3.02. The minimum atomic E-state index is -0.411. The Morgan fingerprint density at radius 2 is 2.04 bits per heavy atom. The van der Waals surface area contributed by atoms with Crippen molar-refractivity contribution in [1.29, 1.82) is 0 Å². The molecule has 1 atom stereocenters. The SMILES string of the molecule is COc1ccc(NC(=O)C2CC(=O)N(CCc3ccc(F)cc3)C2)cc1Cl. The van der Waals surface area contributed by atoms with Gasteiger partial charge in [-0.05, 0) is 42.3 Å². The fourth-order valence-corrected chi connectivity index (χ4v) is 3.33. The molecule has 1 heterocycles. The highest BCUT2D eigenvalue weighted by Gasteiger charge is 2.34. The van der Waals surface area contributed by atoms with E-state index in [1.165, 1.54) is 19.2 Å². The first-order chi connectivity index (χ1) is 13.0. The zero-order valence-electron chi connectivity index (χ0n) is 14.9. The Bertz CT molecular complexity index is 842. The van der Waals surface area contributed by atoms with Crippen LogP contribution in [0.25, 0.3) is 0 Å². The van der Waals surface area contributed by atoms with Crippen LogP contribution in [0.3, 0.4) is 0 Å². The van der Waals surface area contributed by atoms with Crippen LogP contribution >= 0.6 is 11.6 Å². The fraction of sp³-hybridized carbons (Fsp3) is 0.300. The number of hydrogen-bond donors (Lipinski definition) is 1. The Labute approximate surface area is 162 Å². The third-order valence-electron chi connectivity index (χ3n) is 4.59. The maximum atomic E-state index is 13.0. The number of carbonyl (C=O) groups is 2. The third kappa shape index (κ3) is 4.77. The second-order valence-corrected chi connectivity index (χ2v) is 6.86. The van der Waals surface area contributed by atoms with Gasteiger partial charge in [0, 0.05) is 25.2 Å². The second kappa shape index (κ2) is 8.39. The number of halogens is 2. The fourth-order valence-electron chi connectivity index (χ4n) is 3.07. The van der Waals surface area contributed by atoms with E-state index in [0.29, 0.717) is 36.0 Å². The molecule has 0 radical (unpaired) electrons. The minimum absolute atomic E-state index is 0.0509. The number of likely N-dealkylation sites (tertiary alicyclic amines) is 1. The van der Waals surface area contributed by atoms with Crippen LogP contribution in [-0.2, 0) is 16.0 Å². The number of amides is 2. The molecule has 1 unspecified atom stereocenters. The zero-order chi connectivity index (χ0) is 19.4. The summed E-state index contributed by atoms with van der Waals surface area (Å²) in [5, 5.41) is 3.20. The summed E-state index contributed by atoms with van der Waals surface area (Å²) < 4.78 is 18.0. The van der Waals surface area contributed by atoms with Crippen molar-refractivity contribution in [1.82, 2.24) is 4.90 Å². The second-order valence-electron chi connectivity index (χ2n) is 6.46. The summed E-state index contributed by atoms with van der Waals surface area (Å²) >= 11 is 6.07. The highest BCUT2D eigenvalue weighted by Crippen LogP contribution is 2.28. The van der Waals surface area contributed by atoms with Gasteiger partial charge in [-0.25, -0.2) is 4.39 Å². The van der Waals surface area contributed by atoms with Gasteiger partial charge in [0.1, 0.15) is 11.6 Å². The molecule has 1 N–H and O–H groups in total. The van der Waals surface area contributed by atoms with Gasteiger partial charge >= 0.3 is 0 Å². The van der Waals surface area contributed by atoms with E-state index >= 15 is 0 Å². The highest BCUT2D eigenvalue weighted by atomic mass is 35.5. The van der Waals surface area contributed by atoms with Gasteiger partial charge in [-0.15, -0.1) is 0 Å². The Kier molecular flexibility index (Phi) is 5.96. The van der Waals surface area contributed by atoms with Crippen LogP contribution in [0.15, 0.2) is 42.5 Å². The Hall–Kier alpha value is -2.60. The number of benzene rings is 2. The van der Waals surface area contributed by atoms with E-state index in [4.69, 9.17) is 16.3 Å². The Morgan fingerprint density at radius 3 is 2.70 bits per heavy atom. The summed E-state index contributed by atoms with van der Waals surface area (Å²) in [5.41, 5.74) is 1.51. The van der Waals surface area contributed by atoms with E-state index in [9.17, 15) is 14.0 Å². The number of nitrogens with zero attached hydrogens (tertiary/aromatic N) is 1. The molecule has 5 nitrogen and oxygen atoms in total. The van der Waals surface area contributed by atoms with Crippen molar-refractivity contribution < 1.29 is 18.7 Å². The van der Waals surface area contributed by atoms with Gasteiger partial charge in [0.25, 0.3) is 0 Å². The van der Waals surface area contributed by atoms with E-state index in [0.717, 1.165) is 5.56 Å². The smallest absolute Gasteiger partial charge is 0.229 e. The Morgan fingerprint density at radius 1 is 1.30 bits per heavy atom. The predicted octanol–water partition coefficient (Wildman–Crippen LogP) is 3.52. The number of nitrogens with one attached hydrogen (secondary N) is 1. The number of ether oxygens (including phenoxy) is 1. The lowest BCUT2D eigenvalue weighted by Gasteiger charge is -2.16. The lowest BCUT2D eigenvalue weighted by molar-refractivity contribution is -0.128. The van der Waals surface area contributed by atoms with Gasteiger partial charge in [-0.1, -0.05) is 23.7 Å². The first-order valence-corrected chi connectivity index (χ1v) is 9.00. The molecule has 2 aromatic carbocycles. The summed E-state index contributed by atoms with van der Waals surface area (Å²) in [7, 11) is 1.52. The van der Waals surface area contributed by atoms with Gasteiger partial charge in [0.05, 0.1) is 18.1 Å². The van der Waals surface area contributed by atoms with Gasteiger partial charge in [0.2, 0.25) is 11.8 Å². The van der Waals surface area contributed by atoms with Crippen LogP contribution in [0.4, 0.5) is 10.1 Å².